The van der Waals surface area contributed by atoms with Crippen molar-refractivity contribution < 1.29 is 4.79 Å². The van der Waals surface area contributed by atoms with Crippen molar-refractivity contribution in [1.29, 1.82) is 0 Å². The second-order valence-corrected chi connectivity index (χ2v) is 4.80. The van der Waals surface area contributed by atoms with Gasteiger partial charge in [-0.25, -0.2) is 0 Å². The number of carbonyl (C=O) groups is 1. The lowest BCUT2D eigenvalue weighted by atomic mass is 10.2. The van der Waals surface area contributed by atoms with Gasteiger partial charge in [0.1, 0.15) is 0 Å². The molecule has 0 radical (unpaired) electrons. The summed E-state index contributed by atoms with van der Waals surface area (Å²) < 4.78 is 0.132. The maximum Gasteiger partial charge on any atom is 0.282 e. The molecule has 0 N–H and O–H groups in total. The fourth-order valence-corrected chi connectivity index (χ4v) is 2.11. The molecule has 1 rings (SSSR count). The van der Waals surface area contributed by atoms with Crippen LogP contribution in [0.1, 0.15) is 20.8 Å². The highest BCUT2D eigenvalue weighted by Gasteiger charge is 2.35. The van der Waals surface area contributed by atoms with Crippen LogP contribution in [-0.2, 0) is 0 Å². The summed E-state index contributed by atoms with van der Waals surface area (Å²) in [5.74, 6) is 0. The van der Waals surface area contributed by atoms with Crippen molar-refractivity contribution in [3.63, 3.8) is 0 Å². The molecule has 0 unspecified atom stereocenters. The molecule has 10 heavy (non-hydrogen) atoms. The van der Waals surface area contributed by atoms with E-state index in [1.165, 1.54) is 11.8 Å². The quantitative estimate of drug-likeness (QED) is 0.583. The Hall–Kier alpha value is -0.180. The van der Waals surface area contributed by atoms with Crippen molar-refractivity contribution in [3.05, 3.63) is 0 Å². The minimum Gasteiger partial charge on any atom is -0.332 e. The molecule has 1 heterocycles. The third-order valence-electron chi connectivity index (χ3n) is 1.58. The molecule has 0 atom stereocenters. The Balaban J connectivity index is 2.61. The van der Waals surface area contributed by atoms with Crippen LogP contribution in [0.2, 0.25) is 0 Å². The van der Waals surface area contributed by atoms with E-state index in [1.54, 1.807) is 0 Å². The smallest absolute Gasteiger partial charge is 0.282 e. The summed E-state index contributed by atoms with van der Waals surface area (Å²) in [7, 11) is 0. The van der Waals surface area contributed by atoms with Crippen LogP contribution >= 0.6 is 11.8 Å². The zero-order chi connectivity index (χ0) is 7.78. The Bertz CT molecular complexity index is 156. The average molecular weight is 159 g/mol. The van der Waals surface area contributed by atoms with Gasteiger partial charge in [-0.2, -0.15) is 0 Å². The van der Waals surface area contributed by atoms with Crippen molar-refractivity contribution in [3.8, 4) is 0 Å². The van der Waals surface area contributed by atoms with Gasteiger partial charge in [0, 0.05) is 17.8 Å². The highest BCUT2D eigenvalue weighted by molar-refractivity contribution is 8.15. The van der Waals surface area contributed by atoms with E-state index >= 15 is 0 Å². The van der Waals surface area contributed by atoms with Crippen LogP contribution in [0.5, 0.6) is 0 Å². The van der Waals surface area contributed by atoms with Crippen LogP contribution in [0.15, 0.2) is 0 Å². The molecule has 1 aliphatic heterocycles. The van der Waals surface area contributed by atoms with E-state index in [-0.39, 0.29) is 9.99 Å². The number of nitrogens with zero attached hydrogens (tertiary/aromatic N) is 1. The highest BCUT2D eigenvalue weighted by atomic mass is 32.2. The second kappa shape index (κ2) is 2.46. The van der Waals surface area contributed by atoms with Crippen molar-refractivity contribution in [2.24, 2.45) is 0 Å². The maximum absolute atomic E-state index is 11.1. The normalized spacial score (nSPS) is 23.9. The summed E-state index contributed by atoms with van der Waals surface area (Å²) in [6.07, 6.45) is 0. The topological polar surface area (TPSA) is 20.3 Å². The molecule has 1 saturated heterocycles. The van der Waals surface area contributed by atoms with Gasteiger partial charge in [-0.05, 0) is 20.8 Å². The van der Waals surface area contributed by atoms with Crippen LogP contribution < -0.4 is 0 Å². The molecule has 3 heteroatoms. The minimum absolute atomic E-state index is 0.132. The highest BCUT2D eigenvalue weighted by Crippen LogP contribution is 2.34. The molecular formula is C7H13NOS. The van der Waals surface area contributed by atoms with Crippen molar-refractivity contribution in [2.45, 2.75) is 25.5 Å². The fraction of sp³-hybridized carbons (Fsp3) is 0.857. The molecule has 0 aromatic carbocycles. The predicted octanol–water partition coefficient (Wildman–Crippen LogP) is 1.95. The zero-order valence-corrected chi connectivity index (χ0v) is 7.49. The van der Waals surface area contributed by atoms with E-state index in [9.17, 15) is 4.79 Å². The predicted molar refractivity (Wildman–Crippen MR) is 44.3 cm³/mol. The van der Waals surface area contributed by atoms with Gasteiger partial charge in [0.05, 0.1) is 0 Å². The van der Waals surface area contributed by atoms with Gasteiger partial charge >= 0.3 is 0 Å². The first-order valence-electron chi connectivity index (χ1n) is 3.53. The SMILES string of the molecule is CCN1CC(C)(C)SC1=O. The molecule has 0 saturated carbocycles. The van der Waals surface area contributed by atoms with Crippen LogP contribution in [0, 0.1) is 0 Å². The summed E-state index contributed by atoms with van der Waals surface area (Å²) in [6, 6.07) is 0. The molecular weight excluding hydrogens is 146 g/mol. The number of rotatable bonds is 1. The van der Waals surface area contributed by atoms with Gasteiger partial charge in [0.2, 0.25) is 0 Å². The van der Waals surface area contributed by atoms with Gasteiger partial charge < -0.3 is 4.90 Å². The van der Waals surface area contributed by atoms with Crippen molar-refractivity contribution in [1.82, 2.24) is 4.90 Å². The number of hydrogen-bond donors (Lipinski definition) is 0. The van der Waals surface area contributed by atoms with E-state index in [2.05, 4.69) is 13.8 Å². The number of hydrogen-bond acceptors (Lipinski definition) is 2. The average Bonchev–Trinajstić information content (AvgIpc) is 2.05. The van der Waals surface area contributed by atoms with E-state index < -0.39 is 0 Å². The molecule has 58 valence electrons. The molecule has 1 aliphatic rings. The maximum atomic E-state index is 11.1. The third-order valence-corrected chi connectivity index (χ3v) is 2.69. The molecule has 0 bridgehead atoms. The van der Waals surface area contributed by atoms with Crippen LogP contribution in [0.25, 0.3) is 0 Å². The van der Waals surface area contributed by atoms with Gasteiger partial charge in [-0.15, -0.1) is 0 Å². The van der Waals surface area contributed by atoms with Gasteiger partial charge in [-0.3, -0.25) is 4.79 Å². The lowest BCUT2D eigenvalue weighted by Crippen LogP contribution is -2.27. The first kappa shape index (κ1) is 7.92. The summed E-state index contributed by atoms with van der Waals surface area (Å²) in [6.45, 7) is 7.96. The van der Waals surface area contributed by atoms with E-state index in [4.69, 9.17) is 0 Å². The number of amides is 1. The Labute approximate surface area is 66.0 Å². The van der Waals surface area contributed by atoms with Crippen molar-refractivity contribution in [2.75, 3.05) is 13.1 Å². The molecule has 2 nitrogen and oxygen atoms in total. The van der Waals surface area contributed by atoms with Gasteiger partial charge in [-0.1, -0.05) is 11.8 Å². The van der Waals surface area contributed by atoms with E-state index in [1.807, 2.05) is 11.8 Å². The standard InChI is InChI=1S/C7H13NOS/c1-4-8-5-7(2,3)10-6(8)9/h4-5H2,1-3H3. The minimum atomic E-state index is 0.132. The molecule has 1 amide bonds. The summed E-state index contributed by atoms with van der Waals surface area (Å²) in [5.41, 5.74) is 0. The van der Waals surface area contributed by atoms with Crippen LogP contribution in [0.3, 0.4) is 0 Å². The van der Waals surface area contributed by atoms with Crippen molar-refractivity contribution >= 4 is 17.0 Å². The van der Waals surface area contributed by atoms with E-state index in [0.717, 1.165) is 13.1 Å². The third kappa shape index (κ3) is 1.45. The molecule has 0 aliphatic carbocycles. The lowest BCUT2D eigenvalue weighted by Gasteiger charge is -2.15. The van der Waals surface area contributed by atoms with Gasteiger partial charge in [0.25, 0.3) is 5.24 Å². The second-order valence-electron chi connectivity index (χ2n) is 3.14. The van der Waals surface area contributed by atoms with E-state index in [0.29, 0.717) is 0 Å². The molecule has 0 aromatic heterocycles. The Morgan fingerprint density at radius 2 is 2.30 bits per heavy atom. The fourth-order valence-electron chi connectivity index (χ4n) is 1.10. The summed E-state index contributed by atoms with van der Waals surface area (Å²) in [5, 5.41) is 0.229. The Kier molecular flexibility index (Phi) is 1.95. The zero-order valence-electron chi connectivity index (χ0n) is 6.68. The van der Waals surface area contributed by atoms with Crippen LogP contribution in [0.4, 0.5) is 4.79 Å². The largest absolute Gasteiger partial charge is 0.332 e. The lowest BCUT2D eigenvalue weighted by molar-refractivity contribution is 0.228. The molecule has 0 spiro atoms. The Morgan fingerprint density at radius 1 is 1.70 bits per heavy atom. The molecule has 0 aromatic rings. The first-order valence-corrected chi connectivity index (χ1v) is 4.35. The van der Waals surface area contributed by atoms with Crippen LogP contribution in [-0.4, -0.2) is 28.0 Å². The summed E-state index contributed by atoms with van der Waals surface area (Å²) in [4.78, 5) is 13.0. The summed E-state index contributed by atoms with van der Waals surface area (Å²) >= 11 is 1.44. The number of carbonyl (C=O) groups excluding carboxylic acids is 1. The first-order chi connectivity index (χ1) is 4.55. The van der Waals surface area contributed by atoms with Gasteiger partial charge in [0.15, 0.2) is 0 Å². The number of thioether (sulfide) groups is 1. The Morgan fingerprint density at radius 3 is 2.50 bits per heavy atom. The monoisotopic (exact) mass is 159 g/mol. The molecule has 1 fully saturated rings.